The van der Waals surface area contributed by atoms with Gasteiger partial charge in [0.25, 0.3) is 0 Å². The van der Waals surface area contributed by atoms with Crippen molar-refractivity contribution in [2.75, 3.05) is 59.7 Å². The first-order valence-corrected chi connectivity index (χ1v) is 11.2. The predicted molar refractivity (Wildman–Crippen MR) is 138 cm³/mol. The highest BCUT2D eigenvalue weighted by Gasteiger charge is 2.22. The van der Waals surface area contributed by atoms with Crippen molar-refractivity contribution in [1.82, 2.24) is 15.5 Å². The smallest absolute Gasteiger partial charge is 0.191 e. The van der Waals surface area contributed by atoms with Gasteiger partial charge in [0, 0.05) is 39.3 Å². The maximum atomic E-state index is 5.62. The largest absolute Gasteiger partial charge is 0.491 e. The van der Waals surface area contributed by atoms with Gasteiger partial charge in [-0.15, -0.1) is 24.0 Å². The first kappa shape index (κ1) is 27.9. The van der Waals surface area contributed by atoms with Crippen molar-refractivity contribution in [2.24, 2.45) is 10.9 Å². The quantitative estimate of drug-likeness (QED) is 0.181. The molecule has 1 atom stereocenters. The van der Waals surface area contributed by atoms with Crippen molar-refractivity contribution in [3.63, 3.8) is 0 Å². The molecule has 1 unspecified atom stereocenters. The van der Waals surface area contributed by atoms with Gasteiger partial charge in [-0.2, -0.15) is 0 Å². The molecule has 1 aliphatic heterocycles. The van der Waals surface area contributed by atoms with Gasteiger partial charge in [-0.1, -0.05) is 26.0 Å². The lowest BCUT2D eigenvalue weighted by Crippen LogP contribution is -2.51. The number of halogens is 1. The Bertz CT molecular complexity index is 607. The minimum atomic E-state index is 0. The van der Waals surface area contributed by atoms with Crippen LogP contribution in [0.25, 0.3) is 0 Å². The van der Waals surface area contributed by atoms with Crippen molar-refractivity contribution in [3.05, 3.63) is 29.8 Å². The first-order valence-electron chi connectivity index (χ1n) is 11.2. The van der Waals surface area contributed by atoms with Gasteiger partial charge in [-0.3, -0.25) is 4.90 Å². The topological polar surface area (TPSA) is 67.4 Å². The van der Waals surface area contributed by atoms with Gasteiger partial charge in [0.1, 0.15) is 12.4 Å². The van der Waals surface area contributed by atoms with E-state index in [1.54, 1.807) is 7.11 Å². The molecule has 0 amide bonds. The van der Waals surface area contributed by atoms with Crippen molar-refractivity contribution < 1.29 is 14.2 Å². The van der Waals surface area contributed by atoms with E-state index in [-0.39, 0.29) is 24.0 Å². The van der Waals surface area contributed by atoms with Gasteiger partial charge in [0.15, 0.2) is 5.96 Å². The molecule has 178 valence electrons. The van der Waals surface area contributed by atoms with Gasteiger partial charge in [0.2, 0.25) is 0 Å². The summed E-state index contributed by atoms with van der Waals surface area (Å²) in [5.74, 6) is 2.37. The van der Waals surface area contributed by atoms with Crippen LogP contribution in [0.4, 0.5) is 0 Å². The molecule has 0 aliphatic carbocycles. The molecular formula is C23H41IN4O3. The zero-order valence-corrected chi connectivity index (χ0v) is 21.9. The monoisotopic (exact) mass is 548 g/mol. The zero-order chi connectivity index (χ0) is 21.6. The van der Waals surface area contributed by atoms with Crippen molar-refractivity contribution in [2.45, 2.75) is 39.8 Å². The molecule has 0 spiro atoms. The number of hydrogen-bond acceptors (Lipinski definition) is 5. The van der Waals surface area contributed by atoms with Crippen LogP contribution in [0.2, 0.25) is 0 Å². The molecule has 0 aromatic heterocycles. The molecule has 8 heteroatoms. The molecule has 1 fully saturated rings. The third-order valence-corrected chi connectivity index (χ3v) is 5.05. The maximum absolute atomic E-state index is 5.62. The molecule has 1 heterocycles. The maximum Gasteiger partial charge on any atom is 0.191 e. The number of ether oxygens (including phenoxy) is 3. The normalized spacial score (nSPS) is 16.0. The number of rotatable bonds is 12. The zero-order valence-electron chi connectivity index (χ0n) is 19.6. The second-order valence-corrected chi connectivity index (χ2v) is 7.99. The molecule has 2 N–H and O–H groups in total. The number of aliphatic imine (C=N–C) groups is 1. The fraction of sp³-hybridized carbons (Fsp3) is 0.696. The van der Waals surface area contributed by atoms with Gasteiger partial charge in [-0.05, 0) is 37.0 Å². The molecule has 0 bridgehead atoms. The van der Waals surface area contributed by atoms with Gasteiger partial charge in [-0.25, -0.2) is 4.99 Å². The fourth-order valence-corrected chi connectivity index (χ4v) is 3.51. The number of guanidine groups is 1. The lowest BCUT2D eigenvalue weighted by molar-refractivity contribution is 0.0132. The van der Waals surface area contributed by atoms with E-state index in [9.17, 15) is 0 Å². The summed E-state index contributed by atoms with van der Waals surface area (Å²) in [6, 6.07) is 8.58. The number of nitrogens with zero attached hydrogens (tertiary/aromatic N) is 2. The summed E-state index contributed by atoms with van der Waals surface area (Å²) in [4.78, 5) is 7.32. The summed E-state index contributed by atoms with van der Waals surface area (Å²) in [5, 5.41) is 6.92. The van der Waals surface area contributed by atoms with Crippen molar-refractivity contribution >= 4 is 29.9 Å². The number of benzene rings is 1. The average molecular weight is 549 g/mol. The summed E-state index contributed by atoms with van der Waals surface area (Å²) < 4.78 is 16.2. The molecule has 1 saturated heterocycles. The van der Waals surface area contributed by atoms with Crippen LogP contribution in [0.15, 0.2) is 29.3 Å². The Balaban J connectivity index is 0.00000480. The Morgan fingerprint density at radius 1 is 1.13 bits per heavy atom. The van der Waals surface area contributed by atoms with Crippen LogP contribution in [0.5, 0.6) is 5.75 Å². The minimum Gasteiger partial charge on any atom is -0.491 e. The van der Waals surface area contributed by atoms with Crippen LogP contribution in [-0.4, -0.2) is 76.6 Å². The Hall–Kier alpha value is -1.10. The highest BCUT2D eigenvalue weighted by Crippen LogP contribution is 2.14. The molecule has 0 radical (unpaired) electrons. The molecule has 31 heavy (non-hydrogen) atoms. The van der Waals surface area contributed by atoms with Crippen molar-refractivity contribution in [3.8, 4) is 5.75 Å². The van der Waals surface area contributed by atoms with Crippen LogP contribution in [0, 0.1) is 5.92 Å². The molecule has 2 rings (SSSR count). The lowest BCUT2D eigenvalue weighted by Gasteiger charge is -2.35. The highest BCUT2D eigenvalue weighted by atomic mass is 127. The van der Waals surface area contributed by atoms with E-state index in [0.29, 0.717) is 31.7 Å². The second kappa shape index (κ2) is 16.5. The summed E-state index contributed by atoms with van der Waals surface area (Å²) in [7, 11) is 1.67. The summed E-state index contributed by atoms with van der Waals surface area (Å²) in [5.41, 5.74) is 1.15. The third kappa shape index (κ3) is 11.4. The van der Waals surface area contributed by atoms with Gasteiger partial charge in [0.05, 0.1) is 26.4 Å². The summed E-state index contributed by atoms with van der Waals surface area (Å²) in [6.07, 6.45) is 1.16. The van der Waals surface area contributed by atoms with Gasteiger partial charge >= 0.3 is 0 Å². The predicted octanol–water partition coefficient (Wildman–Crippen LogP) is 3.13. The van der Waals surface area contributed by atoms with E-state index in [1.165, 1.54) is 0 Å². The SMILES string of the molecule is CCNC(=NCc1ccc(OCCOC)cc1)NCC(CC(C)C)N1CCOCC1.I. The number of nitrogens with one attached hydrogen (secondary N) is 2. The average Bonchev–Trinajstić information content (AvgIpc) is 2.76. The number of methoxy groups -OCH3 is 1. The minimum absolute atomic E-state index is 0. The Labute approximate surface area is 205 Å². The molecule has 7 nitrogen and oxygen atoms in total. The summed E-state index contributed by atoms with van der Waals surface area (Å²) >= 11 is 0. The fourth-order valence-electron chi connectivity index (χ4n) is 3.51. The van der Waals surface area contributed by atoms with E-state index < -0.39 is 0 Å². The van der Waals surface area contributed by atoms with Crippen LogP contribution in [0.3, 0.4) is 0 Å². The number of morpholine rings is 1. The van der Waals surface area contributed by atoms with E-state index in [1.807, 2.05) is 12.1 Å². The standard InChI is InChI=1S/C23H40N4O3.HI/c1-5-24-23(25-17-20-6-8-22(9-7-20)30-15-14-28-4)26-18-21(16-19(2)3)27-10-12-29-13-11-27;/h6-9,19,21H,5,10-18H2,1-4H3,(H2,24,25,26);1H. The Kier molecular flexibility index (Phi) is 14.9. The Morgan fingerprint density at radius 3 is 2.45 bits per heavy atom. The summed E-state index contributed by atoms with van der Waals surface area (Å²) in [6.45, 7) is 13.8. The van der Waals surface area contributed by atoms with Crippen LogP contribution < -0.4 is 15.4 Å². The molecular weight excluding hydrogens is 507 g/mol. The molecule has 1 aromatic carbocycles. The molecule has 1 aliphatic rings. The molecule has 1 aromatic rings. The third-order valence-electron chi connectivity index (χ3n) is 5.05. The van der Waals surface area contributed by atoms with E-state index >= 15 is 0 Å². The van der Waals surface area contributed by atoms with Crippen LogP contribution in [-0.2, 0) is 16.0 Å². The van der Waals surface area contributed by atoms with Gasteiger partial charge < -0.3 is 24.8 Å². The lowest BCUT2D eigenvalue weighted by atomic mass is 10.0. The highest BCUT2D eigenvalue weighted by molar-refractivity contribution is 14.0. The van der Waals surface area contributed by atoms with Crippen molar-refractivity contribution in [1.29, 1.82) is 0 Å². The van der Waals surface area contributed by atoms with Crippen LogP contribution >= 0.6 is 24.0 Å². The second-order valence-electron chi connectivity index (χ2n) is 7.99. The van der Waals surface area contributed by atoms with E-state index in [4.69, 9.17) is 19.2 Å². The molecule has 0 saturated carbocycles. The first-order chi connectivity index (χ1) is 14.6. The Morgan fingerprint density at radius 2 is 1.84 bits per heavy atom. The van der Waals surface area contributed by atoms with E-state index in [0.717, 1.165) is 63.1 Å². The van der Waals surface area contributed by atoms with Crippen LogP contribution in [0.1, 0.15) is 32.8 Å². The van der Waals surface area contributed by atoms with E-state index in [2.05, 4.69) is 48.4 Å². The number of hydrogen-bond donors (Lipinski definition) is 2.